The van der Waals surface area contributed by atoms with Crippen LogP contribution in [0.4, 0.5) is 0 Å². The van der Waals surface area contributed by atoms with Crippen LogP contribution < -0.4 is 10.6 Å². The van der Waals surface area contributed by atoms with Crippen LogP contribution in [0.15, 0.2) is 11.8 Å². The lowest BCUT2D eigenvalue weighted by atomic mass is 9.97. The van der Waals surface area contributed by atoms with E-state index >= 15 is 0 Å². The van der Waals surface area contributed by atoms with Crippen molar-refractivity contribution >= 4 is 35.4 Å². The maximum absolute atomic E-state index is 12.1. The summed E-state index contributed by atoms with van der Waals surface area (Å²) in [4.78, 5) is 46.3. The number of amides is 1. The summed E-state index contributed by atoms with van der Waals surface area (Å²) in [6.45, 7) is 9.06. The average molecular weight is 457 g/mol. The molecule has 0 heterocycles. The Bertz CT molecular complexity index is 717. The predicted octanol–water partition coefficient (Wildman–Crippen LogP) is 2.82. The number of hydrogen-bond donors (Lipinski definition) is 4. The molecule has 1 saturated carbocycles. The van der Waals surface area contributed by atoms with Gasteiger partial charge < -0.3 is 15.5 Å². The molecule has 0 aromatic heterocycles. The summed E-state index contributed by atoms with van der Waals surface area (Å²) in [6.07, 6.45) is 4.60. The van der Waals surface area contributed by atoms with Gasteiger partial charge in [-0.2, -0.15) is 11.8 Å². The Balaban J connectivity index is 2.35. The molecule has 9 heteroatoms. The minimum Gasteiger partial charge on any atom is -0.480 e. The van der Waals surface area contributed by atoms with E-state index in [1.54, 1.807) is 0 Å². The summed E-state index contributed by atoms with van der Waals surface area (Å²) >= 11 is 1.50. The summed E-state index contributed by atoms with van der Waals surface area (Å²) in [5.74, 6) is -1.37. The average Bonchev–Trinajstić information content (AvgIpc) is 3.25. The van der Waals surface area contributed by atoms with Gasteiger partial charge in [-0.3, -0.25) is 19.7 Å². The first kappa shape index (κ1) is 27.2. The number of carbonyl (C=O) groups excluding carboxylic acids is 2. The molecule has 0 aliphatic heterocycles. The van der Waals surface area contributed by atoms with E-state index in [0.29, 0.717) is 12.2 Å². The molecule has 0 spiro atoms. The number of carbonyl (C=O) groups is 4. The Morgan fingerprint density at radius 3 is 2.29 bits per heavy atom. The van der Waals surface area contributed by atoms with Crippen LogP contribution in [0.5, 0.6) is 0 Å². The number of carboxylic acids is 2. The quantitative estimate of drug-likeness (QED) is 0.218. The molecular weight excluding hydrogens is 420 g/mol. The van der Waals surface area contributed by atoms with Gasteiger partial charge in [-0.25, -0.2) is 4.79 Å². The fraction of sp³-hybridized carbons (Fsp3) is 0.727. The van der Waals surface area contributed by atoms with E-state index in [4.69, 9.17) is 0 Å². The number of thioether (sulfide) groups is 1. The molecule has 0 bridgehead atoms. The van der Waals surface area contributed by atoms with Crippen LogP contribution in [0.25, 0.3) is 0 Å². The Morgan fingerprint density at radius 1 is 1.19 bits per heavy atom. The van der Waals surface area contributed by atoms with Gasteiger partial charge >= 0.3 is 11.9 Å². The van der Waals surface area contributed by atoms with Crippen LogP contribution in [0, 0.1) is 11.3 Å². The van der Waals surface area contributed by atoms with Crippen LogP contribution in [-0.4, -0.2) is 56.9 Å². The third-order valence-corrected chi connectivity index (χ3v) is 6.39. The van der Waals surface area contributed by atoms with Crippen molar-refractivity contribution in [3.8, 4) is 0 Å². The number of nitrogens with one attached hydrogen (secondary N) is 2. The maximum Gasteiger partial charge on any atom is 0.352 e. The minimum absolute atomic E-state index is 0.000102. The highest BCUT2D eigenvalue weighted by atomic mass is 32.2. The van der Waals surface area contributed by atoms with Gasteiger partial charge in [-0.05, 0) is 57.6 Å². The fourth-order valence-corrected chi connectivity index (χ4v) is 4.48. The van der Waals surface area contributed by atoms with Crippen molar-refractivity contribution in [3.05, 3.63) is 11.8 Å². The maximum atomic E-state index is 12.1. The lowest BCUT2D eigenvalue weighted by Crippen LogP contribution is -2.51. The lowest BCUT2D eigenvalue weighted by Gasteiger charge is -2.29. The van der Waals surface area contributed by atoms with Crippen molar-refractivity contribution in [1.82, 2.24) is 10.6 Å². The topological polar surface area (TPSA) is 133 Å². The Hall–Kier alpha value is -1.87. The van der Waals surface area contributed by atoms with E-state index in [1.807, 2.05) is 27.7 Å². The Morgan fingerprint density at radius 2 is 1.81 bits per heavy atom. The fourth-order valence-electron chi connectivity index (χ4n) is 3.44. The standard InChI is InChI=1S/C22H36N2O6S/c1-14(25)11-22(4,5)24-17(20(29)30)13-31-10-8-6-7-9-16(19(27)28)23-18(26)15-12-21(15,2)3/h9,15,17,24H,6-8,10-13H2,1-5H3,(H,23,26)(H,27,28)(H,29,30)/b16-9-/t15-,17+/m1/s1. The second-order valence-corrected chi connectivity index (χ2v) is 10.7. The number of rotatable bonds is 15. The van der Waals surface area contributed by atoms with E-state index < -0.39 is 23.5 Å². The van der Waals surface area contributed by atoms with Crippen LogP contribution in [0.3, 0.4) is 0 Å². The van der Waals surface area contributed by atoms with Crippen molar-refractivity contribution in [1.29, 1.82) is 0 Å². The molecule has 0 aromatic rings. The summed E-state index contributed by atoms with van der Waals surface area (Å²) < 4.78 is 0. The smallest absolute Gasteiger partial charge is 0.352 e. The molecule has 1 aliphatic carbocycles. The van der Waals surface area contributed by atoms with Crippen LogP contribution in [0.2, 0.25) is 0 Å². The van der Waals surface area contributed by atoms with Gasteiger partial charge in [0.25, 0.3) is 0 Å². The van der Waals surface area contributed by atoms with Gasteiger partial charge in [-0.15, -0.1) is 0 Å². The van der Waals surface area contributed by atoms with Crippen LogP contribution >= 0.6 is 11.8 Å². The van der Waals surface area contributed by atoms with E-state index in [-0.39, 0.29) is 35.1 Å². The molecule has 1 aliphatic rings. The normalized spacial score (nSPS) is 18.9. The molecule has 1 amide bonds. The molecule has 31 heavy (non-hydrogen) atoms. The summed E-state index contributed by atoms with van der Waals surface area (Å²) in [7, 11) is 0. The highest BCUT2D eigenvalue weighted by Crippen LogP contribution is 2.51. The van der Waals surface area contributed by atoms with Gasteiger partial charge in [0.15, 0.2) is 0 Å². The predicted molar refractivity (Wildman–Crippen MR) is 121 cm³/mol. The second kappa shape index (κ2) is 11.7. The molecule has 0 aromatic carbocycles. The van der Waals surface area contributed by atoms with E-state index in [0.717, 1.165) is 25.0 Å². The van der Waals surface area contributed by atoms with Crippen molar-refractivity contribution < 1.29 is 29.4 Å². The largest absolute Gasteiger partial charge is 0.480 e. The number of Topliss-reactive ketones (excluding diaryl/α,β-unsaturated/α-hetero) is 1. The molecule has 1 rings (SSSR count). The van der Waals surface area contributed by atoms with Gasteiger partial charge in [0, 0.05) is 23.6 Å². The number of allylic oxidation sites excluding steroid dienone is 1. The molecular formula is C22H36N2O6S. The molecule has 4 N–H and O–H groups in total. The van der Waals surface area contributed by atoms with Crippen LogP contribution in [0.1, 0.15) is 66.7 Å². The summed E-state index contributed by atoms with van der Waals surface area (Å²) in [5.41, 5.74) is -0.731. The number of carboxylic acid groups (broad SMARTS) is 2. The zero-order valence-corrected chi connectivity index (χ0v) is 19.9. The summed E-state index contributed by atoms with van der Waals surface area (Å²) in [5, 5.41) is 24.3. The molecule has 0 saturated heterocycles. The van der Waals surface area contributed by atoms with Gasteiger partial charge in [-0.1, -0.05) is 19.9 Å². The highest BCUT2D eigenvalue weighted by Gasteiger charge is 2.50. The van der Waals surface area contributed by atoms with Crippen LogP contribution in [-0.2, 0) is 19.2 Å². The zero-order valence-electron chi connectivity index (χ0n) is 19.1. The Labute approximate surface area is 188 Å². The number of aliphatic carboxylic acids is 2. The van der Waals surface area contributed by atoms with Gasteiger partial charge in [0.05, 0.1) is 0 Å². The number of hydrogen-bond acceptors (Lipinski definition) is 6. The first-order valence-electron chi connectivity index (χ1n) is 10.6. The van der Waals surface area contributed by atoms with Crippen molar-refractivity contribution in [2.75, 3.05) is 11.5 Å². The third-order valence-electron chi connectivity index (χ3n) is 5.25. The number of ketones is 1. The van der Waals surface area contributed by atoms with E-state index in [1.165, 1.54) is 24.8 Å². The minimum atomic E-state index is -1.15. The van der Waals surface area contributed by atoms with Crippen molar-refractivity contribution in [2.24, 2.45) is 11.3 Å². The van der Waals surface area contributed by atoms with Crippen molar-refractivity contribution in [3.63, 3.8) is 0 Å². The summed E-state index contributed by atoms with van der Waals surface area (Å²) in [6, 6.07) is -0.750. The highest BCUT2D eigenvalue weighted by molar-refractivity contribution is 7.99. The molecule has 8 nitrogen and oxygen atoms in total. The monoisotopic (exact) mass is 456 g/mol. The number of unbranched alkanes of at least 4 members (excludes halogenated alkanes) is 2. The second-order valence-electron chi connectivity index (χ2n) is 9.53. The SMILES string of the molecule is CC(=O)CC(C)(C)N[C@@H](CSCCCC/C=C(\NC(=O)[C@H]1CC1(C)C)C(=O)O)C(=O)O. The van der Waals surface area contributed by atoms with E-state index in [9.17, 15) is 29.4 Å². The van der Waals surface area contributed by atoms with Gasteiger partial charge in [0.1, 0.15) is 17.5 Å². The molecule has 176 valence electrons. The molecule has 0 radical (unpaired) electrons. The molecule has 0 unspecified atom stereocenters. The first-order valence-corrected chi connectivity index (χ1v) is 11.7. The Kier molecular flexibility index (Phi) is 10.2. The third kappa shape index (κ3) is 10.3. The molecule has 1 fully saturated rings. The lowest BCUT2D eigenvalue weighted by molar-refractivity contribution is -0.139. The zero-order chi connectivity index (χ0) is 23.8. The van der Waals surface area contributed by atoms with Gasteiger partial charge in [0.2, 0.25) is 5.91 Å². The van der Waals surface area contributed by atoms with Crippen molar-refractivity contribution in [2.45, 2.75) is 78.3 Å². The molecule has 2 atom stereocenters. The first-order chi connectivity index (χ1) is 14.2. The van der Waals surface area contributed by atoms with E-state index in [2.05, 4.69) is 10.6 Å².